The predicted molar refractivity (Wildman–Crippen MR) is 139 cm³/mol. The van der Waals surface area contributed by atoms with Gasteiger partial charge >= 0.3 is 0 Å². The van der Waals surface area contributed by atoms with Gasteiger partial charge < -0.3 is 15.2 Å². The summed E-state index contributed by atoms with van der Waals surface area (Å²) in [4.78, 5) is 31.4. The molecule has 1 heterocycles. The minimum atomic E-state index is -0.577. The molecule has 1 aliphatic rings. The number of hydrogen-bond donors (Lipinski definition) is 1. The van der Waals surface area contributed by atoms with Crippen LogP contribution >= 0.6 is 11.8 Å². The molecular weight excluding hydrogens is 462 g/mol. The van der Waals surface area contributed by atoms with Crippen molar-refractivity contribution < 1.29 is 19.1 Å². The number of primary amides is 1. The zero-order valence-electron chi connectivity index (χ0n) is 19.2. The van der Waals surface area contributed by atoms with E-state index < -0.39 is 5.91 Å². The second-order valence-electron chi connectivity index (χ2n) is 7.70. The third-order valence-corrected chi connectivity index (χ3v) is 6.20. The Labute approximate surface area is 208 Å². The van der Waals surface area contributed by atoms with Crippen LogP contribution in [0.3, 0.4) is 0 Å². The van der Waals surface area contributed by atoms with Crippen LogP contribution < -0.4 is 15.2 Å². The number of aliphatic imine (C=N–C) groups is 1. The lowest BCUT2D eigenvalue weighted by atomic mass is 10.1. The Kier molecular flexibility index (Phi) is 7.84. The van der Waals surface area contributed by atoms with E-state index >= 15 is 0 Å². The fourth-order valence-electron chi connectivity index (χ4n) is 3.48. The monoisotopic (exact) mass is 487 g/mol. The molecule has 3 aromatic rings. The first-order chi connectivity index (χ1) is 17.0. The Morgan fingerprint density at radius 3 is 2.43 bits per heavy atom. The van der Waals surface area contributed by atoms with Crippen LogP contribution in [0.5, 0.6) is 11.5 Å². The topological polar surface area (TPSA) is 94.2 Å². The number of rotatable bonds is 9. The molecule has 8 heteroatoms. The van der Waals surface area contributed by atoms with Crippen LogP contribution in [-0.4, -0.2) is 42.1 Å². The number of carbonyl (C=O) groups is 2. The van der Waals surface area contributed by atoms with E-state index in [1.807, 2.05) is 60.7 Å². The van der Waals surface area contributed by atoms with Crippen LogP contribution in [0, 0.1) is 0 Å². The van der Waals surface area contributed by atoms with Crippen LogP contribution in [0.1, 0.15) is 11.1 Å². The van der Waals surface area contributed by atoms with Gasteiger partial charge in [0.15, 0.2) is 23.3 Å². The Hall–Kier alpha value is -4.04. The third-order valence-electron chi connectivity index (χ3n) is 5.19. The number of methoxy groups -OCH3 is 1. The number of ether oxygens (including phenoxy) is 2. The molecule has 1 aliphatic heterocycles. The molecule has 1 fully saturated rings. The SMILES string of the molecule is COc1cc(C=C2SC(=Nc3ccccc3)N(CCc3ccccc3)C2=O)ccc1OCC(N)=O. The van der Waals surface area contributed by atoms with Gasteiger partial charge in [0.25, 0.3) is 11.8 Å². The lowest BCUT2D eigenvalue weighted by Gasteiger charge is -2.15. The van der Waals surface area contributed by atoms with E-state index in [0.717, 1.165) is 16.8 Å². The summed E-state index contributed by atoms with van der Waals surface area (Å²) in [6, 6.07) is 24.9. The average Bonchev–Trinajstić information content (AvgIpc) is 3.16. The molecule has 0 bridgehead atoms. The van der Waals surface area contributed by atoms with Gasteiger partial charge in [0.1, 0.15) is 0 Å². The zero-order valence-corrected chi connectivity index (χ0v) is 20.0. The van der Waals surface area contributed by atoms with E-state index in [9.17, 15) is 9.59 Å². The van der Waals surface area contributed by atoms with Crippen molar-refractivity contribution in [3.63, 3.8) is 0 Å². The van der Waals surface area contributed by atoms with Crippen LogP contribution in [0.25, 0.3) is 6.08 Å². The summed E-state index contributed by atoms with van der Waals surface area (Å²) in [6.45, 7) is 0.267. The molecule has 7 nitrogen and oxygen atoms in total. The number of amides is 2. The normalized spacial score (nSPS) is 15.6. The number of nitrogens with zero attached hydrogens (tertiary/aromatic N) is 2. The van der Waals surface area contributed by atoms with Crippen molar-refractivity contribution in [2.24, 2.45) is 10.7 Å². The lowest BCUT2D eigenvalue weighted by Crippen LogP contribution is -2.31. The van der Waals surface area contributed by atoms with Gasteiger partial charge in [-0.25, -0.2) is 4.99 Å². The first kappa shape index (κ1) is 24.1. The first-order valence-corrected chi connectivity index (χ1v) is 11.8. The van der Waals surface area contributed by atoms with Crippen molar-refractivity contribution in [1.29, 1.82) is 0 Å². The van der Waals surface area contributed by atoms with Gasteiger partial charge in [-0.2, -0.15) is 0 Å². The zero-order chi connectivity index (χ0) is 24.6. The number of hydrogen-bond acceptors (Lipinski definition) is 6. The Balaban J connectivity index is 1.60. The van der Waals surface area contributed by atoms with E-state index in [0.29, 0.717) is 34.5 Å². The molecule has 3 aromatic carbocycles. The Morgan fingerprint density at radius 2 is 1.74 bits per heavy atom. The van der Waals surface area contributed by atoms with Gasteiger partial charge in [-0.05, 0) is 59.7 Å². The fourth-order valence-corrected chi connectivity index (χ4v) is 4.51. The van der Waals surface area contributed by atoms with Gasteiger partial charge in [-0.1, -0.05) is 54.6 Å². The fraction of sp³-hybridized carbons (Fsp3) is 0.148. The maximum Gasteiger partial charge on any atom is 0.266 e. The molecule has 35 heavy (non-hydrogen) atoms. The largest absolute Gasteiger partial charge is 0.493 e. The molecule has 0 spiro atoms. The molecule has 0 aromatic heterocycles. The maximum absolute atomic E-state index is 13.4. The molecule has 4 rings (SSSR count). The number of thioether (sulfide) groups is 1. The summed E-state index contributed by atoms with van der Waals surface area (Å²) in [5.74, 6) is 0.158. The van der Waals surface area contributed by atoms with Gasteiger partial charge in [-0.3, -0.25) is 14.5 Å². The Bertz CT molecular complexity index is 1260. The molecular formula is C27H25N3O4S. The second kappa shape index (κ2) is 11.4. The predicted octanol–water partition coefficient (Wildman–Crippen LogP) is 4.41. The minimum Gasteiger partial charge on any atom is -0.493 e. The van der Waals surface area contributed by atoms with E-state index in [2.05, 4.69) is 0 Å². The molecule has 2 amide bonds. The standard InChI is InChI=1S/C27H25N3O4S/c1-33-23-16-20(12-13-22(23)34-18-25(28)31)17-24-26(32)30(15-14-19-8-4-2-5-9-19)27(35-24)29-21-10-6-3-7-11-21/h2-13,16-17H,14-15,18H2,1H3,(H2,28,31). The number of nitrogens with two attached hydrogens (primary N) is 1. The van der Waals surface area contributed by atoms with Crippen molar-refractivity contribution in [1.82, 2.24) is 4.90 Å². The molecule has 178 valence electrons. The van der Waals surface area contributed by atoms with Gasteiger partial charge in [-0.15, -0.1) is 0 Å². The number of para-hydroxylation sites is 1. The number of carbonyl (C=O) groups excluding carboxylic acids is 2. The number of amidine groups is 1. The van der Waals surface area contributed by atoms with E-state index in [4.69, 9.17) is 20.2 Å². The maximum atomic E-state index is 13.4. The molecule has 1 saturated heterocycles. The van der Waals surface area contributed by atoms with Crippen molar-refractivity contribution >= 4 is 40.5 Å². The molecule has 2 N–H and O–H groups in total. The summed E-state index contributed by atoms with van der Waals surface area (Å²) in [6.07, 6.45) is 2.52. The highest BCUT2D eigenvalue weighted by Gasteiger charge is 2.33. The summed E-state index contributed by atoms with van der Waals surface area (Å²) >= 11 is 1.34. The average molecular weight is 488 g/mol. The molecule has 0 atom stereocenters. The van der Waals surface area contributed by atoms with E-state index in [1.165, 1.54) is 18.9 Å². The highest BCUT2D eigenvalue weighted by Crippen LogP contribution is 2.36. The van der Waals surface area contributed by atoms with Crippen LogP contribution in [-0.2, 0) is 16.0 Å². The third kappa shape index (κ3) is 6.30. The van der Waals surface area contributed by atoms with Gasteiger partial charge in [0, 0.05) is 6.54 Å². The van der Waals surface area contributed by atoms with Crippen molar-refractivity contribution in [2.45, 2.75) is 6.42 Å². The van der Waals surface area contributed by atoms with Crippen molar-refractivity contribution in [3.05, 3.63) is 94.9 Å². The van der Waals surface area contributed by atoms with Crippen molar-refractivity contribution in [3.8, 4) is 11.5 Å². The van der Waals surface area contributed by atoms with Crippen molar-refractivity contribution in [2.75, 3.05) is 20.3 Å². The van der Waals surface area contributed by atoms with Crippen LogP contribution in [0.15, 0.2) is 88.8 Å². The van der Waals surface area contributed by atoms with Crippen LogP contribution in [0.2, 0.25) is 0 Å². The minimum absolute atomic E-state index is 0.103. The Morgan fingerprint density at radius 1 is 1.03 bits per heavy atom. The summed E-state index contributed by atoms with van der Waals surface area (Å²) in [7, 11) is 1.51. The number of benzene rings is 3. The van der Waals surface area contributed by atoms with Crippen LogP contribution in [0.4, 0.5) is 5.69 Å². The summed E-state index contributed by atoms with van der Waals surface area (Å²) in [5, 5.41) is 0.636. The second-order valence-corrected chi connectivity index (χ2v) is 8.71. The summed E-state index contributed by atoms with van der Waals surface area (Å²) in [5.41, 5.74) is 7.85. The quantitative estimate of drug-likeness (QED) is 0.452. The molecule has 0 aliphatic carbocycles. The van der Waals surface area contributed by atoms with Gasteiger partial charge in [0.2, 0.25) is 0 Å². The van der Waals surface area contributed by atoms with Gasteiger partial charge in [0.05, 0.1) is 17.7 Å². The molecule has 0 unspecified atom stereocenters. The summed E-state index contributed by atoms with van der Waals surface area (Å²) < 4.78 is 10.8. The first-order valence-electron chi connectivity index (χ1n) is 11.0. The van der Waals surface area contributed by atoms with E-state index in [1.54, 1.807) is 29.2 Å². The molecule has 0 saturated carbocycles. The highest BCUT2D eigenvalue weighted by atomic mass is 32.2. The highest BCUT2D eigenvalue weighted by molar-refractivity contribution is 8.18. The molecule has 0 radical (unpaired) electrons. The lowest BCUT2D eigenvalue weighted by molar-refractivity contribution is -0.122. The van der Waals surface area contributed by atoms with E-state index in [-0.39, 0.29) is 12.5 Å². The smallest absolute Gasteiger partial charge is 0.266 e.